The zero-order valence-corrected chi connectivity index (χ0v) is 33.1. The molecule has 1 heterocycles. The minimum atomic E-state index is -3.08. The van der Waals surface area contributed by atoms with Gasteiger partial charge in [0.05, 0.1) is 7.64 Å². The second-order valence-electron chi connectivity index (χ2n) is 17.0. The minimum Gasteiger partial charge on any atom is -0.338 e. The zero-order valence-electron chi connectivity index (χ0n) is 27.4. The van der Waals surface area contributed by atoms with Crippen LogP contribution < -0.4 is 0 Å². The molecule has 1 aliphatic heterocycles. The van der Waals surface area contributed by atoms with Crippen LogP contribution in [0.3, 0.4) is 0 Å². The van der Waals surface area contributed by atoms with Gasteiger partial charge in [-0.3, -0.25) is 0 Å². The highest BCUT2D eigenvalue weighted by Gasteiger charge is 2.64. The molecular weight excluding hydrogens is 553 g/mol. The smallest absolute Gasteiger partial charge is 0.213 e. The van der Waals surface area contributed by atoms with Crippen LogP contribution in [0.2, 0.25) is 72.5 Å². The Hall–Kier alpha value is 0.828. The lowest BCUT2D eigenvalue weighted by Crippen LogP contribution is -2.70. The average molecular weight is 613 g/mol. The molecule has 0 aromatic rings. The van der Waals surface area contributed by atoms with Crippen molar-refractivity contribution < 1.29 is 16.2 Å². The fraction of sp³-hybridized carbons (Fsp3) is 0.923. The van der Waals surface area contributed by atoms with Gasteiger partial charge in [0, 0.05) is 0 Å². The molecule has 0 fully saturated rings. The first-order chi connectivity index (χ1) is 15.1. The summed E-state index contributed by atoms with van der Waals surface area (Å²) in [5.41, 5.74) is 0. The van der Waals surface area contributed by atoms with E-state index in [1.807, 2.05) is 0 Å². The van der Waals surface area contributed by atoms with Crippen molar-refractivity contribution in [3.05, 3.63) is 0 Å². The van der Waals surface area contributed by atoms with Crippen LogP contribution in [0.15, 0.2) is 0 Å². The predicted octanol–water partition coefficient (Wildman–Crippen LogP) is 8.80. The van der Waals surface area contributed by atoms with E-state index in [2.05, 4.69) is 135 Å². The Morgan fingerprint density at radius 3 is 0.778 bits per heavy atom. The molecule has 216 valence electrons. The van der Waals surface area contributed by atoms with Gasteiger partial charge in [0.2, 0.25) is 16.6 Å². The van der Waals surface area contributed by atoms with Gasteiger partial charge < -0.3 is 7.74 Å². The summed E-state index contributed by atoms with van der Waals surface area (Å²) in [6, 6.07) is 0. The number of hydrogen-bond donors (Lipinski definition) is 0. The molecule has 0 aromatic carbocycles. The Kier molecular flexibility index (Phi) is 8.88. The molecule has 10 heteroatoms. The summed E-state index contributed by atoms with van der Waals surface area (Å²) in [7, 11) is -16.2. The van der Waals surface area contributed by atoms with E-state index in [1.165, 1.54) is 0 Å². The minimum absolute atomic E-state index is 0.120. The highest BCUT2D eigenvalue weighted by molar-refractivity contribution is 8.53. The SMILES string of the molecule is CC(C)(C)[Si](C)(C)OS1(=O)=C([Si](C)(C)C(C)(C)C)S(=O)(O[Si](C)(C)C(C)(C)C)=C1[Si](C)(C)C(C)(C)C. The molecule has 0 aromatic heterocycles. The maximum Gasteiger partial charge on any atom is 0.213 e. The third-order valence-corrected chi connectivity index (χ3v) is 45.9. The van der Waals surface area contributed by atoms with Gasteiger partial charge in [-0.1, -0.05) is 109 Å². The van der Waals surface area contributed by atoms with Crippen molar-refractivity contribution in [1.82, 2.24) is 0 Å². The highest BCUT2D eigenvalue weighted by atomic mass is 32.3. The van der Waals surface area contributed by atoms with Gasteiger partial charge >= 0.3 is 0 Å². The molecule has 1 rings (SSSR count). The van der Waals surface area contributed by atoms with E-state index in [1.54, 1.807) is 0 Å². The quantitative estimate of drug-likeness (QED) is 0.222. The Bertz CT molecular complexity index is 1010. The van der Waals surface area contributed by atoms with Crippen molar-refractivity contribution in [3.8, 4) is 0 Å². The van der Waals surface area contributed by atoms with E-state index in [9.17, 15) is 0 Å². The Morgan fingerprint density at radius 2 is 0.639 bits per heavy atom. The molecule has 4 nitrogen and oxygen atoms in total. The normalized spacial score (nSPS) is 25.8. The molecule has 0 atom stereocenters. The fourth-order valence-electron chi connectivity index (χ4n) is 3.37. The molecule has 0 saturated heterocycles. The molecule has 0 radical (unpaired) electrons. The fourth-order valence-corrected chi connectivity index (χ4v) is 35.4. The zero-order chi connectivity index (χ0) is 29.6. The predicted molar refractivity (Wildman–Crippen MR) is 177 cm³/mol. The lowest BCUT2D eigenvalue weighted by molar-refractivity contribution is 0.507. The molecule has 36 heavy (non-hydrogen) atoms. The standard InChI is InChI=1S/C26H60O4S2Si4/c1-23(2,3)33(13,14)21-31(27,29-35(17,18)25(7,8)9)22(34(15,16)24(4,5)6)32(21,28)30-36(19,20)26(10,11)12/h1-20H3. The van der Waals surface area contributed by atoms with Crippen molar-refractivity contribution in [1.29, 1.82) is 0 Å². The molecular formula is C26H60O4S2Si4. The second kappa shape index (κ2) is 9.17. The first-order valence-electron chi connectivity index (χ1n) is 13.4. The van der Waals surface area contributed by atoms with Gasteiger partial charge in [-0.05, 0) is 46.3 Å². The molecule has 0 spiro atoms. The second-order valence-corrected chi connectivity index (χ2v) is 43.5. The third kappa shape index (κ3) is 5.54. The van der Waals surface area contributed by atoms with Crippen LogP contribution in [-0.2, 0) is 27.3 Å². The van der Waals surface area contributed by atoms with E-state index < -0.39 is 52.4 Å². The Balaban J connectivity index is 4.42. The third-order valence-electron chi connectivity index (χ3n) is 10.0. The van der Waals surface area contributed by atoms with Gasteiger partial charge in [-0.25, -0.2) is 8.42 Å². The van der Waals surface area contributed by atoms with Crippen LogP contribution in [0.5, 0.6) is 0 Å². The molecule has 0 N–H and O–H groups in total. The Labute approximate surface area is 230 Å². The average Bonchev–Trinajstić information content (AvgIpc) is 2.47. The van der Waals surface area contributed by atoms with Gasteiger partial charge in [-0.2, -0.15) is 0 Å². The van der Waals surface area contributed by atoms with Crippen molar-refractivity contribution in [2.45, 2.75) is 156 Å². The van der Waals surface area contributed by atoms with Crippen LogP contribution in [-0.4, -0.2) is 48.8 Å². The van der Waals surface area contributed by atoms with Crippen molar-refractivity contribution in [3.63, 3.8) is 0 Å². The largest absolute Gasteiger partial charge is 0.338 e. The summed E-state index contributed by atoms with van der Waals surface area (Å²) in [5.74, 6) is 0. The summed E-state index contributed by atoms with van der Waals surface area (Å²) in [6.45, 7) is 43.9. The molecule has 0 bridgehead atoms. The summed E-state index contributed by atoms with van der Waals surface area (Å²) < 4.78 is 46.7. The lowest BCUT2D eigenvalue weighted by atomic mass is 10.2. The van der Waals surface area contributed by atoms with Crippen molar-refractivity contribution >= 4 is 60.0 Å². The first kappa shape index (κ1) is 34.9. The summed E-state index contributed by atoms with van der Waals surface area (Å²) in [4.78, 5) is 0. The van der Waals surface area contributed by atoms with Gasteiger partial charge in [0.25, 0.3) is 0 Å². The molecule has 0 saturated carbocycles. The first-order valence-corrected chi connectivity index (χ1v) is 28.2. The van der Waals surface area contributed by atoms with Gasteiger partial charge in [-0.15, -0.1) is 0 Å². The molecule has 1 aliphatic rings. The highest BCUT2D eigenvalue weighted by Crippen LogP contribution is 2.51. The van der Waals surface area contributed by atoms with Crippen molar-refractivity contribution in [2.24, 2.45) is 0 Å². The topological polar surface area (TPSA) is 52.6 Å². The Morgan fingerprint density at radius 1 is 0.444 bits per heavy atom. The van der Waals surface area contributed by atoms with E-state index >= 15 is 8.42 Å². The number of hydrogen-bond acceptors (Lipinski definition) is 4. The summed E-state index contributed by atoms with van der Waals surface area (Å²) in [5, 5.41) is -0.545. The van der Waals surface area contributed by atoms with Crippen LogP contribution in [0, 0.1) is 0 Å². The van der Waals surface area contributed by atoms with Gasteiger partial charge in [0.1, 0.15) is 35.8 Å². The van der Waals surface area contributed by atoms with E-state index in [0.717, 1.165) is 0 Å². The maximum absolute atomic E-state index is 15.7. The summed E-state index contributed by atoms with van der Waals surface area (Å²) in [6.07, 6.45) is 0. The lowest BCUT2D eigenvalue weighted by Gasteiger charge is -2.54. The molecule has 0 aliphatic carbocycles. The number of rotatable bonds is 6. The van der Waals surface area contributed by atoms with Crippen LogP contribution >= 0.6 is 0 Å². The van der Waals surface area contributed by atoms with Crippen molar-refractivity contribution in [2.75, 3.05) is 0 Å². The van der Waals surface area contributed by atoms with E-state index in [4.69, 9.17) is 7.74 Å². The van der Waals surface area contributed by atoms with Crippen LogP contribution in [0.4, 0.5) is 0 Å². The van der Waals surface area contributed by atoms with Crippen LogP contribution in [0.1, 0.15) is 83.1 Å². The molecule has 0 amide bonds. The van der Waals surface area contributed by atoms with Gasteiger partial charge in [0.15, 0.2) is 0 Å². The molecule has 0 unspecified atom stereocenters. The van der Waals surface area contributed by atoms with Crippen LogP contribution in [0.25, 0.3) is 0 Å². The van der Waals surface area contributed by atoms with E-state index in [-0.39, 0.29) is 20.2 Å². The summed E-state index contributed by atoms with van der Waals surface area (Å²) >= 11 is 0. The monoisotopic (exact) mass is 612 g/mol. The maximum atomic E-state index is 15.7. The van der Waals surface area contributed by atoms with E-state index in [0.29, 0.717) is 7.64 Å².